The zero-order valence-corrected chi connectivity index (χ0v) is 11.3. The fourth-order valence-electron chi connectivity index (χ4n) is 1.75. The van der Waals surface area contributed by atoms with Gasteiger partial charge in [0, 0.05) is 0 Å². The van der Waals surface area contributed by atoms with E-state index in [1.165, 1.54) is 0 Å². The van der Waals surface area contributed by atoms with Crippen LogP contribution in [0, 0.1) is 15.9 Å². The van der Waals surface area contributed by atoms with Gasteiger partial charge in [-0.25, -0.2) is 9.18 Å². The van der Waals surface area contributed by atoms with E-state index in [0.717, 1.165) is 18.6 Å². The molecule has 0 aromatic heterocycles. The molecule has 114 valence electrons. The van der Waals surface area contributed by atoms with Crippen LogP contribution in [0.2, 0.25) is 0 Å². The van der Waals surface area contributed by atoms with Gasteiger partial charge in [0.05, 0.1) is 11.0 Å². The predicted octanol–water partition coefficient (Wildman–Crippen LogP) is 2.11. The number of halogens is 1. The molecule has 1 unspecified atom stereocenters. The summed E-state index contributed by atoms with van der Waals surface area (Å²) in [6.07, 6.45) is 1.55. The maximum atomic E-state index is 13.0. The highest BCUT2D eigenvalue weighted by atomic mass is 19.1. The van der Waals surface area contributed by atoms with Gasteiger partial charge in [-0.15, -0.1) is 0 Å². The molecule has 0 radical (unpaired) electrons. The highest BCUT2D eigenvalue weighted by Gasteiger charge is 2.25. The first-order valence-corrected chi connectivity index (χ1v) is 6.34. The molecule has 0 fully saturated rings. The first kappa shape index (κ1) is 16.5. The molecule has 0 saturated heterocycles. The van der Waals surface area contributed by atoms with Crippen molar-refractivity contribution in [3.63, 3.8) is 0 Å². The third kappa shape index (κ3) is 4.51. The van der Waals surface area contributed by atoms with E-state index in [9.17, 15) is 24.1 Å². The Hall–Kier alpha value is -2.51. The Kier molecular flexibility index (Phi) is 5.77. The van der Waals surface area contributed by atoms with Gasteiger partial charge in [0.25, 0.3) is 11.6 Å². The molecule has 0 saturated carbocycles. The van der Waals surface area contributed by atoms with Gasteiger partial charge in [0.2, 0.25) is 0 Å². The van der Waals surface area contributed by atoms with E-state index in [1.54, 1.807) is 0 Å². The summed E-state index contributed by atoms with van der Waals surface area (Å²) in [6, 6.07) is 1.35. The van der Waals surface area contributed by atoms with Gasteiger partial charge in [0.1, 0.15) is 17.4 Å². The first-order chi connectivity index (χ1) is 9.86. The SMILES string of the molecule is CCCCC(NC(=O)c1ccc(F)cc1[N+](=O)[O-])C(=O)O. The second kappa shape index (κ2) is 7.32. The summed E-state index contributed by atoms with van der Waals surface area (Å²) >= 11 is 0. The molecule has 0 aliphatic rings. The summed E-state index contributed by atoms with van der Waals surface area (Å²) in [5, 5.41) is 22.0. The lowest BCUT2D eigenvalue weighted by Gasteiger charge is -2.14. The number of carbonyl (C=O) groups is 2. The van der Waals surface area contributed by atoms with E-state index in [2.05, 4.69) is 5.32 Å². The van der Waals surface area contributed by atoms with Gasteiger partial charge in [-0.1, -0.05) is 19.8 Å². The highest BCUT2D eigenvalue weighted by molar-refractivity contribution is 5.99. The summed E-state index contributed by atoms with van der Waals surface area (Å²) < 4.78 is 13.0. The molecule has 1 atom stereocenters. The molecular formula is C13H15FN2O5. The normalized spacial score (nSPS) is 11.7. The van der Waals surface area contributed by atoms with Crippen LogP contribution >= 0.6 is 0 Å². The maximum absolute atomic E-state index is 13.0. The van der Waals surface area contributed by atoms with Gasteiger partial charge in [-0.3, -0.25) is 14.9 Å². The lowest BCUT2D eigenvalue weighted by molar-refractivity contribution is -0.385. The number of rotatable bonds is 7. The van der Waals surface area contributed by atoms with Crippen molar-refractivity contribution >= 4 is 17.6 Å². The van der Waals surface area contributed by atoms with Gasteiger partial charge in [-0.05, 0) is 18.6 Å². The Morgan fingerprint density at radius 2 is 2.14 bits per heavy atom. The number of nitrogens with one attached hydrogen (secondary N) is 1. The van der Waals surface area contributed by atoms with Gasteiger partial charge < -0.3 is 10.4 Å². The number of nitro benzene ring substituents is 1. The zero-order chi connectivity index (χ0) is 16.0. The van der Waals surface area contributed by atoms with Crippen molar-refractivity contribution in [2.45, 2.75) is 32.2 Å². The Labute approximate surface area is 119 Å². The van der Waals surface area contributed by atoms with Gasteiger partial charge in [0.15, 0.2) is 0 Å². The fraction of sp³-hybridized carbons (Fsp3) is 0.385. The van der Waals surface area contributed by atoms with Gasteiger partial charge >= 0.3 is 5.97 Å². The number of aliphatic carboxylic acids is 1. The second-order valence-electron chi connectivity index (χ2n) is 4.43. The molecule has 8 heteroatoms. The quantitative estimate of drug-likeness (QED) is 0.591. The Bertz CT molecular complexity index is 561. The minimum Gasteiger partial charge on any atom is -0.480 e. The maximum Gasteiger partial charge on any atom is 0.326 e. The molecule has 1 amide bonds. The number of nitro groups is 1. The van der Waals surface area contributed by atoms with E-state index in [-0.39, 0.29) is 12.0 Å². The summed E-state index contributed by atoms with van der Waals surface area (Å²) in [6.45, 7) is 1.87. The van der Waals surface area contributed by atoms with Crippen LogP contribution in [-0.4, -0.2) is 27.9 Å². The molecule has 1 aromatic carbocycles. The van der Waals surface area contributed by atoms with E-state index in [4.69, 9.17) is 5.11 Å². The molecule has 0 spiro atoms. The van der Waals surface area contributed by atoms with Crippen molar-refractivity contribution in [1.82, 2.24) is 5.32 Å². The average molecular weight is 298 g/mol. The van der Waals surface area contributed by atoms with Crippen LogP contribution in [0.1, 0.15) is 36.5 Å². The average Bonchev–Trinajstić information content (AvgIpc) is 2.42. The third-order valence-electron chi connectivity index (χ3n) is 2.85. The van der Waals surface area contributed by atoms with Crippen LogP contribution in [-0.2, 0) is 4.79 Å². The summed E-state index contributed by atoms with van der Waals surface area (Å²) in [5.74, 6) is -2.98. The largest absolute Gasteiger partial charge is 0.480 e. The van der Waals surface area contributed by atoms with Crippen molar-refractivity contribution in [2.75, 3.05) is 0 Å². The van der Waals surface area contributed by atoms with E-state index < -0.39 is 34.3 Å². The smallest absolute Gasteiger partial charge is 0.326 e. The fourth-order valence-corrected chi connectivity index (χ4v) is 1.75. The van der Waals surface area contributed by atoms with Crippen molar-refractivity contribution in [3.8, 4) is 0 Å². The minimum atomic E-state index is -1.22. The monoisotopic (exact) mass is 298 g/mol. The Morgan fingerprint density at radius 1 is 1.48 bits per heavy atom. The van der Waals surface area contributed by atoms with Crippen molar-refractivity contribution in [3.05, 3.63) is 39.7 Å². The lowest BCUT2D eigenvalue weighted by Crippen LogP contribution is -2.40. The zero-order valence-electron chi connectivity index (χ0n) is 11.3. The number of carboxylic acids is 1. The van der Waals surface area contributed by atoms with E-state index >= 15 is 0 Å². The Balaban J connectivity index is 2.97. The van der Waals surface area contributed by atoms with Crippen LogP contribution < -0.4 is 5.32 Å². The number of carbonyl (C=O) groups excluding carboxylic acids is 1. The number of carboxylic acid groups (broad SMARTS) is 1. The van der Waals surface area contributed by atoms with Crippen LogP contribution in [0.5, 0.6) is 0 Å². The molecule has 1 rings (SSSR count). The predicted molar refractivity (Wildman–Crippen MR) is 71.5 cm³/mol. The topological polar surface area (TPSA) is 110 Å². The van der Waals surface area contributed by atoms with E-state index in [0.29, 0.717) is 12.5 Å². The molecule has 0 heterocycles. The van der Waals surface area contributed by atoms with Crippen molar-refractivity contribution in [2.24, 2.45) is 0 Å². The van der Waals surface area contributed by atoms with Crippen molar-refractivity contribution in [1.29, 1.82) is 0 Å². The summed E-state index contributed by atoms with van der Waals surface area (Å²) in [5.41, 5.74) is -1.07. The van der Waals surface area contributed by atoms with Crippen molar-refractivity contribution < 1.29 is 24.0 Å². The first-order valence-electron chi connectivity index (χ1n) is 6.34. The van der Waals surface area contributed by atoms with Gasteiger partial charge in [-0.2, -0.15) is 0 Å². The third-order valence-corrected chi connectivity index (χ3v) is 2.85. The van der Waals surface area contributed by atoms with Crippen LogP contribution in [0.4, 0.5) is 10.1 Å². The molecule has 0 bridgehead atoms. The number of amides is 1. The summed E-state index contributed by atoms with van der Waals surface area (Å²) in [7, 11) is 0. The number of hydrogen-bond donors (Lipinski definition) is 2. The molecule has 7 nitrogen and oxygen atoms in total. The Morgan fingerprint density at radius 3 is 2.67 bits per heavy atom. The van der Waals surface area contributed by atoms with Crippen LogP contribution in [0.3, 0.4) is 0 Å². The lowest BCUT2D eigenvalue weighted by atomic mass is 10.1. The van der Waals surface area contributed by atoms with E-state index in [1.807, 2.05) is 6.92 Å². The standard InChI is InChI=1S/C13H15FN2O5/c1-2-3-4-10(13(18)19)15-12(17)9-6-5-8(14)7-11(9)16(20)21/h5-7,10H,2-4H2,1H3,(H,15,17)(H,18,19). The number of hydrogen-bond acceptors (Lipinski definition) is 4. The molecule has 21 heavy (non-hydrogen) atoms. The molecule has 0 aliphatic heterocycles. The molecular weight excluding hydrogens is 283 g/mol. The molecule has 2 N–H and O–H groups in total. The molecule has 0 aliphatic carbocycles. The second-order valence-corrected chi connectivity index (χ2v) is 4.43. The van der Waals surface area contributed by atoms with Crippen LogP contribution in [0.15, 0.2) is 18.2 Å². The molecule has 1 aromatic rings. The van der Waals surface area contributed by atoms with Crippen LogP contribution in [0.25, 0.3) is 0 Å². The number of unbranched alkanes of at least 4 members (excludes halogenated alkanes) is 1. The minimum absolute atomic E-state index is 0.215. The highest BCUT2D eigenvalue weighted by Crippen LogP contribution is 2.20. The number of benzene rings is 1. The summed E-state index contributed by atoms with van der Waals surface area (Å²) in [4.78, 5) is 32.9. The number of nitrogens with zero attached hydrogens (tertiary/aromatic N) is 1.